The highest BCUT2D eigenvalue weighted by atomic mass is 16.5. The van der Waals surface area contributed by atoms with Crippen LogP contribution in [0.25, 0.3) is 0 Å². The van der Waals surface area contributed by atoms with E-state index in [9.17, 15) is 4.79 Å². The Morgan fingerprint density at radius 2 is 1.96 bits per heavy atom. The van der Waals surface area contributed by atoms with E-state index in [0.717, 1.165) is 11.4 Å². The smallest absolute Gasteiger partial charge is 0.255 e. The predicted molar refractivity (Wildman–Crippen MR) is 97.7 cm³/mol. The summed E-state index contributed by atoms with van der Waals surface area (Å²) in [7, 11) is 0. The van der Waals surface area contributed by atoms with Gasteiger partial charge >= 0.3 is 0 Å². The van der Waals surface area contributed by atoms with Crippen molar-refractivity contribution in [3.8, 4) is 5.75 Å². The van der Waals surface area contributed by atoms with E-state index in [-0.39, 0.29) is 11.3 Å². The highest BCUT2D eigenvalue weighted by molar-refractivity contribution is 6.04. The second kappa shape index (κ2) is 7.47. The Bertz CT molecular complexity index is 703. The Hall–Kier alpha value is -2.36. The molecule has 1 N–H and O–H groups in total. The molecule has 0 saturated heterocycles. The van der Waals surface area contributed by atoms with Crippen molar-refractivity contribution in [2.75, 3.05) is 11.9 Å². The van der Waals surface area contributed by atoms with E-state index in [1.165, 1.54) is 0 Å². The SMILES string of the molecule is CC(C)COc1cccc(C(=O)Nc2ccnc(C(C)(C)C)c2)c1. The van der Waals surface area contributed by atoms with Crippen LogP contribution in [0.5, 0.6) is 5.75 Å². The van der Waals surface area contributed by atoms with Gasteiger partial charge < -0.3 is 10.1 Å². The molecule has 0 aliphatic rings. The highest BCUT2D eigenvalue weighted by Crippen LogP contribution is 2.23. The minimum absolute atomic E-state index is 0.0641. The van der Waals surface area contributed by atoms with E-state index < -0.39 is 0 Å². The number of hydrogen-bond acceptors (Lipinski definition) is 3. The zero-order chi connectivity index (χ0) is 17.7. The first-order valence-electron chi connectivity index (χ1n) is 8.26. The quantitative estimate of drug-likeness (QED) is 0.869. The lowest BCUT2D eigenvalue weighted by atomic mass is 9.91. The third-order valence-corrected chi connectivity index (χ3v) is 3.47. The molecule has 4 nitrogen and oxygen atoms in total. The fourth-order valence-corrected chi connectivity index (χ4v) is 2.11. The molecule has 24 heavy (non-hydrogen) atoms. The van der Waals surface area contributed by atoms with Crippen molar-refractivity contribution in [1.29, 1.82) is 0 Å². The zero-order valence-corrected chi connectivity index (χ0v) is 15.1. The first-order valence-corrected chi connectivity index (χ1v) is 8.26. The van der Waals surface area contributed by atoms with Crippen LogP contribution in [0.2, 0.25) is 0 Å². The molecule has 0 unspecified atom stereocenters. The Balaban J connectivity index is 2.11. The Labute approximate surface area is 144 Å². The van der Waals surface area contributed by atoms with Crippen molar-refractivity contribution >= 4 is 11.6 Å². The van der Waals surface area contributed by atoms with Crippen LogP contribution in [-0.4, -0.2) is 17.5 Å². The molecular weight excluding hydrogens is 300 g/mol. The number of nitrogens with one attached hydrogen (secondary N) is 1. The molecule has 1 heterocycles. The van der Waals surface area contributed by atoms with Crippen LogP contribution in [0.15, 0.2) is 42.6 Å². The van der Waals surface area contributed by atoms with Crippen molar-refractivity contribution < 1.29 is 9.53 Å². The maximum atomic E-state index is 12.5. The van der Waals surface area contributed by atoms with Crippen LogP contribution < -0.4 is 10.1 Å². The first kappa shape index (κ1) is 18.0. The summed E-state index contributed by atoms with van der Waals surface area (Å²) in [5, 5.41) is 2.93. The maximum Gasteiger partial charge on any atom is 0.255 e. The summed E-state index contributed by atoms with van der Waals surface area (Å²) < 4.78 is 5.68. The maximum absolute atomic E-state index is 12.5. The van der Waals surface area contributed by atoms with Gasteiger partial charge in [-0.2, -0.15) is 0 Å². The molecule has 0 bridgehead atoms. The van der Waals surface area contributed by atoms with Gasteiger partial charge in [-0.1, -0.05) is 40.7 Å². The molecule has 0 atom stereocenters. The summed E-state index contributed by atoms with van der Waals surface area (Å²) in [5.74, 6) is 0.993. The van der Waals surface area contributed by atoms with Gasteiger partial charge in [0.1, 0.15) is 5.75 Å². The van der Waals surface area contributed by atoms with Gasteiger partial charge in [0.25, 0.3) is 5.91 Å². The molecule has 0 aliphatic carbocycles. The standard InChI is InChI=1S/C20H26N2O2/c1-14(2)13-24-17-8-6-7-15(11-17)19(23)22-16-9-10-21-18(12-16)20(3,4)5/h6-12,14H,13H2,1-5H3,(H,21,22,23). The molecule has 1 aromatic carbocycles. The van der Waals surface area contributed by atoms with E-state index in [2.05, 4.69) is 44.9 Å². The predicted octanol–water partition coefficient (Wildman–Crippen LogP) is 4.67. The minimum atomic E-state index is -0.156. The number of anilines is 1. The fraction of sp³-hybridized carbons (Fsp3) is 0.400. The van der Waals surface area contributed by atoms with Gasteiger partial charge in [0.05, 0.1) is 6.61 Å². The summed E-state index contributed by atoms with van der Waals surface area (Å²) in [6.45, 7) is 11.1. The average Bonchev–Trinajstić information content (AvgIpc) is 2.52. The first-order chi connectivity index (χ1) is 11.3. The third-order valence-electron chi connectivity index (χ3n) is 3.47. The number of rotatable bonds is 5. The Kier molecular flexibility index (Phi) is 5.60. The van der Waals surface area contributed by atoms with Crippen LogP contribution in [0, 0.1) is 5.92 Å². The third kappa shape index (κ3) is 5.08. The van der Waals surface area contributed by atoms with E-state index in [1.807, 2.05) is 18.2 Å². The molecule has 128 valence electrons. The van der Waals surface area contributed by atoms with Gasteiger partial charge in [-0.05, 0) is 36.2 Å². The molecule has 0 saturated carbocycles. The normalized spacial score (nSPS) is 11.4. The summed E-state index contributed by atoms with van der Waals surface area (Å²) in [6.07, 6.45) is 1.72. The van der Waals surface area contributed by atoms with E-state index >= 15 is 0 Å². The zero-order valence-electron chi connectivity index (χ0n) is 15.1. The lowest BCUT2D eigenvalue weighted by molar-refractivity contribution is 0.102. The molecule has 0 aliphatic heterocycles. The molecule has 0 fully saturated rings. The summed E-state index contributed by atoms with van der Waals surface area (Å²) in [6, 6.07) is 11.0. The number of carbonyl (C=O) groups excluding carboxylic acids is 1. The van der Waals surface area contributed by atoms with Crippen LogP contribution in [-0.2, 0) is 5.41 Å². The van der Waals surface area contributed by atoms with Gasteiger partial charge in [0.2, 0.25) is 0 Å². The highest BCUT2D eigenvalue weighted by Gasteiger charge is 2.16. The van der Waals surface area contributed by atoms with E-state index in [0.29, 0.717) is 23.8 Å². The average molecular weight is 326 g/mol. The molecule has 2 rings (SSSR count). The summed E-state index contributed by atoms with van der Waals surface area (Å²) in [5.41, 5.74) is 2.19. The van der Waals surface area contributed by atoms with Crippen molar-refractivity contribution in [3.63, 3.8) is 0 Å². The number of benzene rings is 1. The lowest BCUT2D eigenvalue weighted by Crippen LogP contribution is -2.16. The van der Waals surface area contributed by atoms with Gasteiger partial charge in [0.15, 0.2) is 0 Å². The largest absolute Gasteiger partial charge is 0.493 e. The van der Waals surface area contributed by atoms with Crippen LogP contribution in [0.4, 0.5) is 5.69 Å². The molecule has 1 amide bonds. The number of ether oxygens (including phenoxy) is 1. The number of carbonyl (C=O) groups is 1. The topological polar surface area (TPSA) is 51.2 Å². The van der Waals surface area contributed by atoms with Gasteiger partial charge in [-0.3, -0.25) is 9.78 Å². The summed E-state index contributed by atoms with van der Waals surface area (Å²) >= 11 is 0. The number of pyridine rings is 1. The number of nitrogens with zero attached hydrogens (tertiary/aromatic N) is 1. The molecule has 0 radical (unpaired) electrons. The molecule has 0 spiro atoms. The van der Waals surface area contributed by atoms with Crippen LogP contribution in [0.3, 0.4) is 0 Å². The molecule has 4 heteroatoms. The van der Waals surface area contributed by atoms with Crippen LogP contribution in [0.1, 0.15) is 50.7 Å². The number of amides is 1. The van der Waals surface area contributed by atoms with Gasteiger partial charge in [0, 0.05) is 28.6 Å². The number of hydrogen-bond donors (Lipinski definition) is 1. The summed E-state index contributed by atoms with van der Waals surface area (Å²) in [4.78, 5) is 16.9. The molecular formula is C20H26N2O2. The lowest BCUT2D eigenvalue weighted by Gasteiger charge is -2.18. The van der Waals surface area contributed by atoms with Crippen molar-refractivity contribution in [2.45, 2.75) is 40.0 Å². The van der Waals surface area contributed by atoms with Crippen LogP contribution >= 0.6 is 0 Å². The van der Waals surface area contributed by atoms with Crippen molar-refractivity contribution in [2.24, 2.45) is 5.92 Å². The van der Waals surface area contributed by atoms with Crippen molar-refractivity contribution in [1.82, 2.24) is 4.98 Å². The van der Waals surface area contributed by atoms with Gasteiger partial charge in [-0.25, -0.2) is 0 Å². The monoisotopic (exact) mass is 326 g/mol. The Morgan fingerprint density at radius 3 is 2.62 bits per heavy atom. The second-order valence-corrected chi connectivity index (χ2v) is 7.37. The Morgan fingerprint density at radius 1 is 1.21 bits per heavy atom. The van der Waals surface area contributed by atoms with E-state index in [4.69, 9.17) is 4.74 Å². The van der Waals surface area contributed by atoms with Gasteiger partial charge in [-0.15, -0.1) is 0 Å². The fourth-order valence-electron chi connectivity index (χ4n) is 2.11. The number of aromatic nitrogens is 1. The molecule has 2 aromatic rings. The molecule has 1 aromatic heterocycles. The second-order valence-electron chi connectivity index (χ2n) is 7.37. The van der Waals surface area contributed by atoms with Crippen molar-refractivity contribution in [3.05, 3.63) is 53.9 Å². The van der Waals surface area contributed by atoms with E-state index in [1.54, 1.807) is 24.4 Å². The minimum Gasteiger partial charge on any atom is -0.493 e.